The monoisotopic (exact) mass is 236 g/mol. The minimum Gasteiger partial charge on any atom is -0.328 e. The van der Waals surface area contributed by atoms with Crippen LogP contribution < -0.4 is 5.56 Å². The number of pyridine rings is 2. The van der Waals surface area contributed by atoms with Gasteiger partial charge in [0.2, 0.25) is 0 Å². The zero-order valence-corrected chi connectivity index (χ0v) is 9.97. The van der Waals surface area contributed by atoms with E-state index in [4.69, 9.17) is 0 Å². The molecule has 18 heavy (non-hydrogen) atoms. The Balaban J connectivity index is 2.38. The molecule has 3 nitrogen and oxygen atoms in total. The van der Waals surface area contributed by atoms with Gasteiger partial charge in [0.1, 0.15) is 0 Å². The van der Waals surface area contributed by atoms with E-state index >= 15 is 0 Å². The molecule has 0 amide bonds. The summed E-state index contributed by atoms with van der Waals surface area (Å²) in [7, 11) is 0. The lowest BCUT2D eigenvalue weighted by Crippen LogP contribution is -2.08. The van der Waals surface area contributed by atoms with Gasteiger partial charge in [-0.1, -0.05) is 18.2 Å². The molecular formula is C15H12N2O. The highest BCUT2D eigenvalue weighted by molar-refractivity contribution is 5.94. The highest BCUT2D eigenvalue weighted by atomic mass is 16.1. The van der Waals surface area contributed by atoms with Crippen molar-refractivity contribution in [2.24, 2.45) is 0 Å². The standard InChI is InChI=1S/C15H12N2O/c1-10-8-13(15(18)17-9-10)11-4-2-6-14-12(11)5-3-7-16-14/h2-9H,1H3,(H,17,18). The summed E-state index contributed by atoms with van der Waals surface area (Å²) in [4.78, 5) is 19.0. The Morgan fingerprint density at radius 3 is 2.89 bits per heavy atom. The average Bonchev–Trinajstić information content (AvgIpc) is 2.41. The zero-order chi connectivity index (χ0) is 12.5. The Hall–Kier alpha value is -2.42. The molecule has 0 unspecified atom stereocenters. The molecule has 0 aliphatic rings. The molecule has 0 atom stereocenters. The molecule has 2 heterocycles. The van der Waals surface area contributed by atoms with Gasteiger partial charge in [-0.3, -0.25) is 9.78 Å². The van der Waals surface area contributed by atoms with Gasteiger partial charge in [0.15, 0.2) is 0 Å². The normalized spacial score (nSPS) is 10.7. The molecule has 0 spiro atoms. The van der Waals surface area contributed by atoms with Gasteiger partial charge in [0, 0.05) is 23.3 Å². The van der Waals surface area contributed by atoms with Gasteiger partial charge in [-0.15, -0.1) is 0 Å². The molecular weight excluding hydrogens is 224 g/mol. The number of nitrogens with one attached hydrogen (secondary N) is 1. The van der Waals surface area contributed by atoms with Crippen molar-refractivity contribution < 1.29 is 0 Å². The summed E-state index contributed by atoms with van der Waals surface area (Å²) >= 11 is 0. The van der Waals surface area contributed by atoms with Crippen molar-refractivity contribution in [3.8, 4) is 11.1 Å². The van der Waals surface area contributed by atoms with E-state index in [0.29, 0.717) is 5.56 Å². The van der Waals surface area contributed by atoms with Gasteiger partial charge in [-0.25, -0.2) is 0 Å². The van der Waals surface area contributed by atoms with Gasteiger partial charge in [0.25, 0.3) is 5.56 Å². The Bertz CT molecular complexity index is 769. The number of H-pyrrole nitrogens is 1. The molecule has 0 aliphatic carbocycles. The molecule has 0 fully saturated rings. The first-order valence-corrected chi connectivity index (χ1v) is 5.79. The van der Waals surface area contributed by atoms with Crippen LogP contribution >= 0.6 is 0 Å². The van der Waals surface area contributed by atoms with E-state index in [0.717, 1.165) is 22.0 Å². The minimum absolute atomic E-state index is 0.0723. The quantitative estimate of drug-likeness (QED) is 0.706. The second-order valence-corrected chi connectivity index (χ2v) is 4.30. The summed E-state index contributed by atoms with van der Waals surface area (Å²) in [5.74, 6) is 0. The SMILES string of the molecule is Cc1c[nH]c(=O)c(-c2cccc3ncccc23)c1. The summed E-state index contributed by atoms with van der Waals surface area (Å²) in [6.07, 6.45) is 3.47. The fourth-order valence-electron chi connectivity index (χ4n) is 2.13. The minimum atomic E-state index is -0.0723. The van der Waals surface area contributed by atoms with Crippen LogP contribution in [0.25, 0.3) is 22.0 Å². The van der Waals surface area contributed by atoms with Crippen molar-refractivity contribution in [3.63, 3.8) is 0 Å². The molecule has 0 radical (unpaired) electrons. The molecule has 3 rings (SSSR count). The van der Waals surface area contributed by atoms with E-state index in [1.807, 2.05) is 43.3 Å². The maximum Gasteiger partial charge on any atom is 0.255 e. The van der Waals surface area contributed by atoms with Gasteiger partial charge in [-0.05, 0) is 36.2 Å². The first-order valence-electron chi connectivity index (χ1n) is 5.79. The van der Waals surface area contributed by atoms with E-state index in [-0.39, 0.29) is 5.56 Å². The molecule has 0 bridgehead atoms. The summed E-state index contributed by atoms with van der Waals surface area (Å²) in [5, 5.41) is 0.996. The van der Waals surface area contributed by atoms with Crippen LogP contribution in [0.5, 0.6) is 0 Å². The third-order valence-corrected chi connectivity index (χ3v) is 2.98. The predicted octanol–water partition coefficient (Wildman–Crippen LogP) is 2.90. The molecule has 0 aliphatic heterocycles. The first-order chi connectivity index (χ1) is 8.75. The zero-order valence-electron chi connectivity index (χ0n) is 9.97. The average molecular weight is 236 g/mol. The first kappa shape index (κ1) is 10.7. The highest BCUT2D eigenvalue weighted by Crippen LogP contribution is 2.25. The molecule has 0 saturated carbocycles. The molecule has 2 aromatic heterocycles. The number of hydrogen-bond donors (Lipinski definition) is 1. The highest BCUT2D eigenvalue weighted by Gasteiger charge is 2.07. The van der Waals surface area contributed by atoms with Gasteiger partial charge in [0.05, 0.1) is 5.52 Å². The van der Waals surface area contributed by atoms with Crippen LogP contribution in [0.1, 0.15) is 5.56 Å². The number of hydrogen-bond acceptors (Lipinski definition) is 2. The van der Waals surface area contributed by atoms with Crippen LogP contribution in [-0.2, 0) is 0 Å². The largest absolute Gasteiger partial charge is 0.328 e. The van der Waals surface area contributed by atoms with Gasteiger partial charge < -0.3 is 4.98 Å². The number of benzene rings is 1. The number of aryl methyl sites for hydroxylation is 1. The van der Waals surface area contributed by atoms with Crippen LogP contribution in [0.2, 0.25) is 0 Å². The van der Waals surface area contributed by atoms with Gasteiger partial charge in [-0.2, -0.15) is 0 Å². The Labute approximate surface area is 104 Å². The maximum atomic E-state index is 11.9. The van der Waals surface area contributed by atoms with E-state index in [1.165, 1.54) is 0 Å². The number of rotatable bonds is 1. The molecule has 0 saturated heterocycles. The lowest BCUT2D eigenvalue weighted by Gasteiger charge is -2.05. The second-order valence-electron chi connectivity index (χ2n) is 4.30. The van der Waals surface area contributed by atoms with Gasteiger partial charge >= 0.3 is 0 Å². The Kier molecular flexibility index (Phi) is 2.45. The summed E-state index contributed by atoms with van der Waals surface area (Å²) in [5.41, 5.74) is 3.47. The third-order valence-electron chi connectivity index (χ3n) is 2.98. The fraction of sp³-hybridized carbons (Fsp3) is 0.0667. The van der Waals surface area contributed by atoms with E-state index in [2.05, 4.69) is 9.97 Å². The third kappa shape index (κ3) is 1.70. The van der Waals surface area contributed by atoms with Crippen LogP contribution in [0.15, 0.2) is 53.6 Å². The van der Waals surface area contributed by atoms with Crippen LogP contribution in [0.4, 0.5) is 0 Å². The van der Waals surface area contributed by atoms with Crippen LogP contribution in [0.3, 0.4) is 0 Å². The van der Waals surface area contributed by atoms with Crippen molar-refractivity contribution in [3.05, 3.63) is 64.7 Å². The topological polar surface area (TPSA) is 45.8 Å². The molecule has 1 aromatic carbocycles. The van der Waals surface area contributed by atoms with Crippen LogP contribution in [0, 0.1) is 6.92 Å². The summed E-state index contributed by atoms with van der Waals surface area (Å²) in [6.45, 7) is 1.96. The predicted molar refractivity (Wildman–Crippen MR) is 72.5 cm³/mol. The van der Waals surface area contributed by atoms with Crippen LogP contribution in [-0.4, -0.2) is 9.97 Å². The molecule has 1 N–H and O–H groups in total. The Morgan fingerprint density at radius 2 is 2.00 bits per heavy atom. The van der Waals surface area contributed by atoms with Crippen molar-refractivity contribution in [2.45, 2.75) is 6.92 Å². The number of fused-ring (bicyclic) bond motifs is 1. The van der Waals surface area contributed by atoms with Crippen molar-refractivity contribution in [1.82, 2.24) is 9.97 Å². The lowest BCUT2D eigenvalue weighted by atomic mass is 10.0. The van der Waals surface area contributed by atoms with Crippen molar-refractivity contribution in [1.29, 1.82) is 0 Å². The van der Waals surface area contributed by atoms with Crippen molar-refractivity contribution >= 4 is 10.9 Å². The smallest absolute Gasteiger partial charge is 0.255 e. The number of aromatic nitrogens is 2. The maximum absolute atomic E-state index is 11.9. The summed E-state index contributed by atoms with van der Waals surface area (Å²) < 4.78 is 0. The lowest BCUT2D eigenvalue weighted by molar-refractivity contribution is 1.20. The van der Waals surface area contributed by atoms with Crippen molar-refractivity contribution in [2.75, 3.05) is 0 Å². The van der Waals surface area contributed by atoms with E-state index in [1.54, 1.807) is 12.4 Å². The molecule has 3 heteroatoms. The summed E-state index contributed by atoms with van der Waals surface area (Å²) in [6, 6.07) is 11.6. The Morgan fingerprint density at radius 1 is 1.11 bits per heavy atom. The fourth-order valence-corrected chi connectivity index (χ4v) is 2.13. The van der Waals surface area contributed by atoms with E-state index < -0.39 is 0 Å². The van der Waals surface area contributed by atoms with E-state index in [9.17, 15) is 4.79 Å². The second kappa shape index (κ2) is 4.11. The number of aromatic amines is 1. The molecule has 88 valence electrons. The number of nitrogens with zero attached hydrogens (tertiary/aromatic N) is 1. The molecule has 3 aromatic rings.